The Bertz CT molecular complexity index is 1220. The van der Waals surface area contributed by atoms with Gasteiger partial charge >= 0.3 is 7.12 Å². The Morgan fingerprint density at radius 3 is 2.60 bits per heavy atom. The van der Waals surface area contributed by atoms with Gasteiger partial charge in [0.15, 0.2) is 5.82 Å². The second-order valence-electron chi connectivity index (χ2n) is 6.93. The number of aromatic nitrogens is 3. The Balaban J connectivity index is 1.80. The first kappa shape index (κ1) is 19.6. The van der Waals surface area contributed by atoms with Gasteiger partial charge in [0.1, 0.15) is 11.5 Å². The fourth-order valence-corrected chi connectivity index (χ4v) is 3.44. The van der Waals surface area contributed by atoms with E-state index in [0.717, 1.165) is 11.3 Å². The predicted molar refractivity (Wildman–Crippen MR) is 116 cm³/mol. The van der Waals surface area contributed by atoms with Crippen molar-refractivity contribution in [3.8, 4) is 11.4 Å². The average molecular weight is 401 g/mol. The lowest BCUT2D eigenvalue weighted by molar-refractivity contribution is 0.0995. The first-order valence-electron chi connectivity index (χ1n) is 9.38. The molecule has 0 saturated carbocycles. The van der Waals surface area contributed by atoms with Crippen LogP contribution >= 0.6 is 0 Å². The number of primary amides is 1. The quantitative estimate of drug-likeness (QED) is 0.309. The monoisotopic (exact) mass is 401 g/mol. The van der Waals surface area contributed by atoms with Gasteiger partial charge in [-0.05, 0) is 12.5 Å². The molecule has 0 aliphatic rings. The summed E-state index contributed by atoms with van der Waals surface area (Å²) in [5.41, 5.74) is 8.95. The summed E-state index contributed by atoms with van der Waals surface area (Å²) in [5, 5.41) is 23.3. The van der Waals surface area contributed by atoms with Crippen LogP contribution in [0.15, 0.2) is 54.6 Å². The number of aromatic amines is 1. The van der Waals surface area contributed by atoms with Crippen LogP contribution in [0.25, 0.3) is 22.3 Å². The Morgan fingerprint density at radius 1 is 1.13 bits per heavy atom. The van der Waals surface area contributed by atoms with Crippen molar-refractivity contribution < 1.29 is 14.8 Å². The SMILES string of the molecule is Cc1[nH]c2c(B(O)O)cccc2c1-c1nc(NCc2ccccc2)cc(C(N)=O)n1. The summed E-state index contributed by atoms with van der Waals surface area (Å²) < 4.78 is 0. The van der Waals surface area contributed by atoms with Crippen LogP contribution in [-0.2, 0) is 6.54 Å². The van der Waals surface area contributed by atoms with Crippen molar-refractivity contribution in [2.24, 2.45) is 5.73 Å². The number of carbonyl (C=O) groups is 1. The number of anilines is 1. The molecule has 0 fully saturated rings. The van der Waals surface area contributed by atoms with Crippen molar-refractivity contribution in [1.82, 2.24) is 15.0 Å². The minimum atomic E-state index is -1.62. The van der Waals surface area contributed by atoms with Crippen LogP contribution in [0.3, 0.4) is 0 Å². The fraction of sp³-hybridized carbons (Fsp3) is 0.0952. The largest absolute Gasteiger partial charge is 0.490 e. The number of amides is 1. The summed E-state index contributed by atoms with van der Waals surface area (Å²) >= 11 is 0. The molecule has 4 aromatic rings. The van der Waals surface area contributed by atoms with Gasteiger partial charge in [0, 0.05) is 40.2 Å². The predicted octanol–water partition coefficient (Wildman–Crippen LogP) is 1.32. The molecule has 6 N–H and O–H groups in total. The van der Waals surface area contributed by atoms with Crippen LogP contribution in [0.5, 0.6) is 0 Å². The van der Waals surface area contributed by atoms with E-state index in [2.05, 4.69) is 20.3 Å². The number of nitrogens with two attached hydrogens (primary N) is 1. The molecule has 0 bridgehead atoms. The second kappa shape index (κ2) is 7.98. The number of nitrogens with one attached hydrogen (secondary N) is 2. The maximum atomic E-state index is 11.9. The van der Waals surface area contributed by atoms with Crippen molar-refractivity contribution in [2.45, 2.75) is 13.5 Å². The molecular formula is C21H20BN5O3. The minimum absolute atomic E-state index is 0.0858. The topological polar surface area (TPSA) is 137 Å². The molecule has 2 aromatic carbocycles. The van der Waals surface area contributed by atoms with E-state index in [0.29, 0.717) is 40.1 Å². The number of para-hydroxylation sites is 1. The molecule has 0 unspecified atom stereocenters. The number of benzene rings is 2. The zero-order chi connectivity index (χ0) is 21.3. The smallest absolute Gasteiger partial charge is 0.423 e. The van der Waals surface area contributed by atoms with Gasteiger partial charge in [-0.1, -0.05) is 48.5 Å². The molecule has 30 heavy (non-hydrogen) atoms. The minimum Gasteiger partial charge on any atom is -0.423 e. The van der Waals surface area contributed by atoms with Crippen molar-refractivity contribution in [3.63, 3.8) is 0 Å². The van der Waals surface area contributed by atoms with Crippen molar-refractivity contribution in [1.29, 1.82) is 0 Å². The van der Waals surface area contributed by atoms with Crippen LogP contribution in [0.4, 0.5) is 5.82 Å². The highest BCUT2D eigenvalue weighted by atomic mass is 16.4. The van der Waals surface area contributed by atoms with E-state index in [-0.39, 0.29) is 5.69 Å². The third-order valence-corrected chi connectivity index (χ3v) is 4.85. The molecule has 0 aliphatic heterocycles. The molecule has 2 heterocycles. The maximum absolute atomic E-state index is 11.9. The molecule has 0 aliphatic carbocycles. The van der Waals surface area contributed by atoms with Crippen LogP contribution in [0.1, 0.15) is 21.7 Å². The first-order valence-corrected chi connectivity index (χ1v) is 9.38. The molecule has 2 aromatic heterocycles. The van der Waals surface area contributed by atoms with E-state index in [1.54, 1.807) is 12.1 Å². The summed E-state index contributed by atoms with van der Waals surface area (Å²) in [6.45, 7) is 2.35. The molecule has 4 rings (SSSR count). The third kappa shape index (κ3) is 3.76. The Hall–Kier alpha value is -3.69. The number of nitrogens with zero attached hydrogens (tertiary/aromatic N) is 2. The zero-order valence-corrected chi connectivity index (χ0v) is 16.3. The van der Waals surface area contributed by atoms with Crippen molar-refractivity contribution in [2.75, 3.05) is 5.32 Å². The van der Waals surface area contributed by atoms with Crippen LogP contribution in [0, 0.1) is 6.92 Å². The third-order valence-electron chi connectivity index (χ3n) is 4.85. The number of aryl methyl sites for hydroxylation is 1. The van der Waals surface area contributed by atoms with Gasteiger partial charge < -0.3 is 26.1 Å². The molecule has 0 radical (unpaired) electrons. The van der Waals surface area contributed by atoms with Gasteiger partial charge in [-0.3, -0.25) is 4.79 Å². The summed E-state index contributed by atoms with van der Waals surface area (Å²) in [7, 11) is -1.62. The highest BCUT2D eigenvalue weighted by molar-refractivity contribution is 6.61. The van der Waals surface area contributed by atoms with E-state index < -0.39 is 13.0 Å². The molecule has 0 saturated heterocycles. The van der Waals surface area contributed by atoms with Crippen LogP contribution in [0.2, 0.25) is 0 Å². The number of hydrogen-bond acceptors (Lipinski definition) is 6. The lowest BCUT2D eigenvalue weighted by Crippen LogP contribution is -2.30. The Morgan fingerprint density at radius 2 is 1.90 bits per heavy atom. The molecule has 150 valence electrons. The van der Waals surface area contributed by atoms with Crippen LogP contribution < -0.4 is 16.5 Å². The number of H-pyrrole nitrogens is 1. The highest BCUT2D eigenvalue weighted by Crippen LogP contribution is 2.30. The maximum Gasteiger partial charge on any atom is 0.490 e. The van der Waals surface area contributed by atoms with Crippen LogP contribution in [-0.4, -0.2) is 38.0 Å². The molecule has 9 heteroatoms. The summed E-state index contributed by atoms with van der Waals surface area (Å²) in [5.74, 6) is 0.116. The standard InChI is InChI=1S/C21H20BN5O3/c1-12-18(14-8-5-9-15(22(29)30)19(14)25-12)21-26-16(20(23)28)10-17(27-21)24-11-13-6-3-2-4-7-13/h2-10,25,29-30H,11H2,1H3,(H2,23,28)(H,24,26,27). The number of hydrogen-bond donors (Lipinski definition) is 5. The van der Waals surface area contributed by atoms with Gasteiger partial charge in [-0.15, -0.1) is 0 Å². The molecule has 8 nitrogen and oxygen atoms in total. The number of rotatable bonds is 6. The van der Waals surface area contributed by atoms with Crippen molar-refractivity contribution >= 4 is 35.2 Å². The van der Waals surface area contributed by atoms with Gasteiger partial charge in [0.05, 0.1) is 0 Å². The normalized spacial score (nSPS) is 10.9. The average Bonchev–Trinajstić information content (AvgIpc) is 3.08. The highest BCUT2D eigenvalue weighted by Gasteiger charge is 2.21. The second-order valence-corrected chi connectivity index (χ2v) is 6.93. The lowest BCUT2D eigenvalue weighted by Gasteiger charge is -2.10. The summed E-state index contributed by atoms with van der Waals surface area (Å²) in [6, 6.07) is 16.5. The lowest BCUT2D eigenvalue weighted by atomic mass is 9.79. The van der Waals surface area contributed by atoms with E-state index in [9.17, 15) is 14.8 Å². The molecular weight excluding hydrogens is 381 g/mol. The van der Waals surface area contributed by atoms with E-state index in [1.807, 2.05) is 43.3 Å². The van der Waals surface area contributed by atoms with Gasteiger partial charge in [0.2, 0.25) is 0 Å². The van der Waals surface area contributed by atoms with Gasteiger partial charge in [-0.2, -0.15) is 0 Å². The Labute approximate surface area is 173 Å². The van der Waals surface area contributed by atoms with E-state index >= 15 is 0 Å². The number of fused-ring (bicyclic) bond motifs is 1. The van der Waals surface area contributed by atoms with Gasteiger partial charge in [0.25, 0.3) is 5.91 Å². The molecule has 0 spiro atoms. The summed E-state index contributed by atoms with van der Waals surface area (Å²) in [6.07, 6.45) is 0. The Kier molecular flexibility index (Phi) is 5.22. The van der Waals surface area contributed by atoms with E-state index in [4.69, 9.17) is 5.73 Å². The first-order chi connectivity index (χ1) is 14.4. The number of carbonyl (C=O) groups excluding carboxylic acids is 1. The molecule has 0 atom stereocenters. The zero-order valence-electron chi connectivity index (χ0n) is 16.3. The fourth-order valence-electron chi connectivity index (χ4n) is 3.44. The van der Waals surface area contributed by atoms with E-state index in [1.165, 1.54) is 6.07 Å². The molecule has 1 amide bonds. The van der Waals surface area contributed by atoms with Gasteiger partial charge in [-0.25, -0.2) is 9.97 Å². The van der Waals surface area contributed by atoms with Crippen molar-refractivity contribution in [3.05, 3.63) is 71.5 Å². The summed E-state index contributed by atoms with van der Waals surface area (Å²) in [4.78, 5) is 24.0.